The molecule has 86 valence electrons. The first-order chi connectivity index (χ1) is 5.92. The van der Waals surface area contributed by atoms with Crippen molar-refractivity contribution in [3.05, 3.63) is 0 Å². The number of halogens is 7. The molecule has 14 heavy (non-hydrogen) atoms. The number of aliphatic hydroxyl groups is 1. The highest BCUT2D eigenvalue weighted by atomic mass is 127. The van der Waals surface area contributed by atoms with Gasteiger partial charge in [0.2, 0.25) is 0 Å². The molecule has 0 bridgehead atoms. The zero-order valence-corrected chi connectivity index (χ0v) is 9.03. The minimum absolute atomic E-state index is 0.944. The Morgan fingerprint density at radius 3 is 1.43 bits per heavy atom. The molecule has 1 nitrogen and oxygen atoms in total. The Morgan fingerprint density at radius 2 is 1.36 bits per heavy atom. The average Bonchev–Trinajstić information content (AvgIpc) is 1.79. The van der Waals surface area contributed by atoms with Gasteiger partial charge >= 0.3 is 12.4 Å². The van der Waals surface area contributed by atoms with Crippen molar-refractivity contribution in [1.82, 2.24) is 0 Å². The molecule has 1 unspecified atom stereocenters. The lowest BCUT2D eigenvalue weighted by molar-refractivity contribution is -0.369. The molecule has 0 aliphatic carbocycles. The molecule has 0 radical (unpaired) electrons. The lowest BCUT2D eigenvalue weighted by atomic mass is 9.97. The number of hydrogen-bond donors (Lipinski definition) is 1. The summed E-state index contributed by atoms with van der Waals surface area (Å²) < 4.78 is 71.0. The zero-order chi connectivity index (χ0) is 11.8. The van der Waals surface area contributed by atoms with Gasteiger partial charge in [0, 0.05) is 10.3 Å². The summed E-state index contributed by atoms with van der Waals surface area (Å²) in [5.74, 6) is 0. The highest BCUT2D eigenvalue weighted by molar-refractivity contribution is 14.1. The Kier molecular flexibility index (Phi) is 4.11. The molecular weight excluding hydrogens is 329 g/mol. The van der Waals surface area contributed by atoms with E-state index in [0.717, 1.165) is 6.92 Å². The van der Waals surface area contributed by atoms with Gasteiger partial charge in [-0.3, -0.25) is 0 Å². The summed E-state index contributed by atoms with van der Waals surface area (Å²) in [5.41, 5.74) is -4.61. The molecule has 0 aromatic heterocycles. The van der Waals surface area contributed by atoms with Gasteiger partial charge in [0.25, 0.3) is 5.60 Å². The lowest BCUT2D eigenvalue weighted by Gasteiger charge is -2.33. The van der Waals surface area contributed by atoms with Crippen LogP contribution in [0.25, 0.3) is 0 Å². The van der Waals surface area contributed by atoms with E-state index in [1.54, 1.807) is 0 Å². The summed E-state index contributed by atoms with van der Waals surface area (Å²) in [4.78, 5) is 0. The molecule has 0 aliphatic rings. The summed E-state index contributed by atoms with van der Waals surface area (Å²) in [6, 6.07) is 0. The van der Waals surface area contributed by atoms with E-state index < -0.39 is 28.3 Å². The Labute approximate surface area is 89.6 Å². The van der Waals surface area contributed by atoms with Crippen LogP contribution in [0.1, 0.15) is 13.3 Å². The summed E-state index contributed by atoms with van der Waals surface area (Å²) in [6.45, 7) is 1.16. The second-order valence-electron chi connectivity index (χ2n) is 2.84. The van der Waals surface area contributed by atoms with E-state index in [9.17, 15) is 26.3 Å². The molecular formula is C6H7F6IO. The molecule has 0 aromatic rings. The van der Waals surface area contributed by atoms with E-state index in [0.29, 0.717) is 0 Å². The van der Waals surface area contributed by atoms with E-state index in [2.05, 4.69) is 0 Å². The normalized spacial score (nSPS) is 16.9. The Bertz CT molecular complexity index is 181. The van der Waals surface area contributed by atoms with E-state index in [1.807, 2.05) is 0 Å². The largest absolute Gasteiger partial charge is 0.426 e. The fourth-order valence-corrected chi connectivity index (χ4v) is 1.44. The monoisotopic (exact) mass is 336 g/mol. The number of hydrogen-bond acceptors (Lipinski definition) is 1. The van der Waals surface area contributed by atoms with Gasteiger partial charge < -0.3 is 5.11 Å². The Hall–Kier alpha value is 0.270. The van der Waals surface area contributed by atoms with Crippen molar-refractivity contribution in [3.63, 3.8) is 0 Å². The van der Waals surface area contributed by atoms with Gasteiger partial charge in [-0.05, 0) is 0 Å². The van der Waals surface area contributed by atoms with Crippen LogP contribution in [-0.4, -0.2) is 27.0 Å². The van der Waals surface area contributed by atoms with Crippen LogP contribution in [0.15, 0.2) is 0 Å². The lowest BCUT2D eigenvalue weighted by Crippen LogP contribution is -2.57. The summed E-state index contributed by atoms with van der Waals surface area (Å²) in [5, 5.41) is 8.60. The molecule has 0 spiro atoms. The molecule has 0 saturated heterocycles. The van der Waals surface area contributed by atoms with E-state index >= 15 is 0 Å². The third kappa shape index (κ3) is 2.88. The highest BCUT2D eigenvalue weighted by Crippen LogP contribution is 2.46. The summed E-state index contributed by atoms with van der Waals surface area (Å²) >= 11 is 1.39. The van der Waals surface area contributed by atoms with Crippen molar-refractivity contribution >= 4 is 22.6 Å². The summed E-state index contributed by atoms with van der Waals surface area (Å²) in [7, 11) is 0. The molecule has 8 heteroatoms. The minimum atomic E-state index is -5.70. The van der Waals surface area contributed by atoms with Crippen molar-refractivity contribution in [2.45, 2.75) is 35.2 Å². The van der Waals surface area contributed by atoms with Gasteiger partial charge in [0.1, 0.15) is 0 Å². The standard InChI is InChI=1S/C6H7F6IO/c1-3(13)2-4(14,5(7,8)9)6(10,11)12/h3,14H,2H2,1H3. The van der Waals surface area contributed by atoms with E-state index in [1.165, 1.54) is 22.6 Å². The second-order valence-corrected chi connectivity index (χ2v) is 4.97. The second kappa shape index (κ2) is 4.03. The van der Waals surface area contributed by atoms with Gasteiger partial charge in [-0.15, -0.1) is 0 Å². The van der Waals surface area contributed by atoms with Crippen molar-refractivity contribution in [1.29, 1.82) is 0 Å². The van der Waals surface area contributed by atoms with E-state index in [-0.39, 0.29) is 0 Å². The molecule has 0 aromatic carbocycles. The van der Waals surface area contributed by atoms with Gasteiger partial charge in [0.05, 0.1) is 0 Å². The molecule has 1 atom stereocenters. The van der Waals surface area contributed by atoms with Crippen LogP contribution < -0.4 is 0 Å². The maximum atomic E-state index is 12.0. The molecule has 0 amide bonds. The molecule has 1 N–H and O–H groups in total. The third-order valence-corrected chi connectivity index (χ3v) is 1.95. The first-order valence-electron chi connectivity index (χ1n) is 3.41. The molecule has 0 rings (SSSR count). The average molecular weight is 336 g/mol. The molecule has 0 aliphatic heterocycles. The number of alkyl halides is 7. The van der Waals surface area contributed by atoms with Crippen molar-refractivity contribution in [2.75, 3.05) is 0 Å². The van der Waals surface area contributed by atoms with Crippen LogP contribution in [0.4, 0.5) is 26.3 Å². The predicted octanol–water partition coefficient (Wildman–Crippen LogP) is 3.06. The maximum absolute atomic E-state index is 12.0. The molecule has 0 heterocycles. The van der Waals surface area contributed by atoms with Gasteiger partial charge in [0.15, 0.2) is 0 Å². The van der Waals surface area contributed by atoms with Gasteiger partial charge in [-0.2, -0.15) is 26.3 Å². The van der Waals surface area contributed by atoms with E-state index in [4.69, 9.17) is 5.11 Å². The number of rotatable bonds is 2. The quantitative estimate of drug-likeness (QED) is 0.467. The fourth-order valence-electron chi connectivity index (χ4n) is 0.799. The van der Waals surface area contributed by atoms with Gasteiger partial charge in [-0.1, -0.05) is 29.5 Å². The van der Waals surface area contributed by atoms with Gasteiger partial charge in [-0.25, -0.2) is 0 Å². The first-order valence-corrected chi connectivity index (χ1v) is 4.66. The Morgan fingerprint density at radius 1 is 1.07 bits per heavy atom. The van der Waals surface area contributed by atoms with Crippen LogP contribution in [-0.2, 0) is 0 Å². The van der Waals surface area contributed by atoms with Crippen molar-refractivity contribution < 1.29 is 31.4 Å². The van der Waals surface area contributed by atoms with Crippen molar-refractivity contribution in [3.8, 4) is 0 Å². The smallest absolute Gasteiger partial charge is 0.374 e. The fraction of sp³-hybridized carbons (Fsp3) is 1.00. The van der Waals surface area contributed by atoms with Crippen LogP contribution in [0, 0.1) is 0 Å². The predicted molar refractivity (Wildman–Crippen MR) is 45.2 cm³/mol. The summed E-state index contributed by atoms with van der Waals surface area (Å²) in [6.07, 6.45) is -12.8. The molecule has 0 saturated carbocycles. The Balaban J connectivity index is 5.07. The SMILES string of the molecule is CC(I)CC(O)(C(F)(F)F)C(F)(F)F. The first kappa shape index (κ1) is 14.3. The van der Waals surface area contributed by atoms with Crippen LogP contribution in [0.5, 0.6) is 0 Å². The minimum Gasteiger partial charge on any atom is -0.374 e. The molecule has 0 fully saturated rings. The van der Waals surface area contributed by atoms with Crippen LogP contribution in [0.2, 0.25) is 0 Å². The zero-order valence-electron chi connectivity index (χ0n) is 6.88. The third-order valence-electron chi connectivity index (χ3n) is 1.51. The van der Waals surface area contributed by atoms with Crippen LogP contribution >= 0.6 is 22.6 Å². The topological polar surface area (TPSA) is 20.2 Å². The maximum Gasteiger partial charge on any atom is 0.426 e. The highest BCUT2D eigenvalue weighted by Gasteiger charge is 2.70. The van der Waals surface area contributed by atoms with Crippen molar-refractivity contribution in [2.24, 2.45) is 0 Å². The van der Waals surface area contributed by atoms with Crippen LogP contribution in [0.3, 0.4) is 0 Å².